The lowest BCUT2D eigenvalue weighted by Crippen LogP contribution is -2.33. The molecule has 2 heterocycles. The molecule has 1 aliphatic carbocycles. The van der Waals surface area contributed by atoms with E-state index in [1.54, 1.807) is 11.3 Å². The van der Waals surface area contributed by atoms with E-state index in [-0.39, 0.29) is 11.8 Å². The number of carbonyl (C=O) groups excluding carboxylic acids is 1. The number of fused-ring (bicyclic) bond motifs is 1. The molecule has 0 atom stereocenters. The van der Waals surface area contributed by atoms with Crippen LogP contribution < -0.4 is 9.47 Å². The van der Waals surface area contributed by atoms with Gasteiger partial charge in [0.25, 0.3) is 0 Å². The van der Waals surface area contributed by atoms with E-state index in [1.165, 1.54) is 0 Å². The van der Waals surface area contributed by atoms with Gasteiger partial charge in [-0.3, -0.25) is 4.79 Å². The van der Waals surface area contributed by atoms with Crippen LogP contribution in [0.4, 0.5) is 0 Å². The largest absolute Gasteiger partial charge is 0.487 e. The molecule has 154 valence electrons. The lowest BCUT2D eigenvalue weighted by molar-refractivity contribution is -0.133. The van der Waals surface area contributed by atoms with E-state index in [0.717, 1.165) is 40.8 Å². The molecule has 1 fully saturated rings. The van der Waals surface area contributed by atoms with Crippen molar-refractivity contribution in [2.45, 2.75) is 26.0 Å². The minimum Gasteiger partial charge on any atom is -0.487 e. The summed E-state index contributed by atoms with van der Waals surface area (Å²) in [5, 5.41) is 4.81. The Bertz CT molecular complexity index is 1060. The van der Waals surface area contributed by atoms with Crippen molar-refractivity contribution in [3.63, 3.8) is 0 Å². The average molecular weight is 440 g/mol. The fourth-order valence-corrected chi connectivity index (χ4v) is 4.58. The number of thiophene rings is 1. The SMILES string of the molecule is O=C(C1CC1)N1CCOc2c(cc(-c3cccc(Cl)c3)cc2OCc2ccsc2)C1. The molecule has 0 saturated heterocycles. The first-order valence-corrected chi connectivity index (χ1v) is 11.5. The molecule has 2 aliphatic rings. The van der Waals surface area contributed by atoms with Gasteiger partial charge in [-0.15, -0.1) is 0 Å². The van der Waals surface area contributed by atoms with Crippen LogP contribution in [0.5, 0.6) is 11.5 Å². The van der Waals surface area contributed by atoms with Gasteiger partial charge in [0.15, 0.2) is 11.5 Å². The minimum absolute atomic E-state index is 0.192. The third kappa shape index (κ3) is 4.18. The molecule has 1 saturated carbocycles. The average Bonchev–Trinajstić information content (AvgIpc) is 3.51. The van der Waals surface area contributed by atoms with Crippen LogP contribution in [-0.4, -0.2) is 24.0 Å². The third-order valence-corrected chi connectivity index (χ3v) is 6.44. The van der Waals surface area contributed by atoms with E-state index in [1.807, 2.05) is 40.6 Å². The predicted octanol–water partition coefficient (Wildman–Crippen LogP) is 5.78. The van der Waals surface area contributed by atoms with Crippen molar-refractivity contribution in [2.75, 3.05) is 13.2 Å². The Morgan fingerprint density at radius 2 is 2.10 bits per heavy atom. The molecule has 1 aliphatic heterocycles. The molecule has 30 heavy (non-hydrogen) atoms. The topological polar surface area (TPSA) is 38.8 Å². The number of hydrogen-bond donors (Lipinski definition) is 0. The second kappa shape index (κ2) is 8.32. The zero-order valence-corrected chi connectivity index (χ0v) is 18.0. The molecular weight excluding hydrogens is 418 g/mol. The molecular formula is C24H22ClNO3S. The molecule has 1 aromatic heterocycles. The predicted molar refractivity (Wildman–Crippen MR) is 119 cm³/mol. The van der Waals surface area contributed by atoms with Gasteiger partial charge in [0.05, 0.1) is 6.54 Å². The van der Waals surface area contributed by atoms with Gasteiger partial charge in [-0.2, -0.15) is 11.3 Å². The van der Waals surface area contributed by atoms with E-state index in [2.05, 4.69) is 17.5 Å². The van der Waals surface area contributed by atoms with Crippen LogP contribution in [0.15, 0.2) is 53.2 Å². The quantitative estimate of drug-likeness (QED) is 0.506. The lowest BCUT2D eigenvalue weighted by atomic mass is 10.0. The van der Waals surface area contributed by atoms with E-state index < -0.39 is 0 Å². The number of rotatable bonds is 5. The van der Waals surface area contributed by atoms with Gasteiger partial charge in [0.2, 0.25) is 5.91 Å². The Hall–Kier alpha value is -2.50. The summed E-state index contributed by atoms with van der Waals surface area (Å²) in [6.07, 6.45) is 2.00. The standard InChI is InChI=1S/C24H22ClNO3S/c25-21-3-1-2-18(11-21)19-10-20-13-26(24(27)17-4-5-17)7-8-28-23(20)22(12-19)29-14-16-6-9-30-15-16/h1-3,6,9-12,15,17H,4-5,7-8,13-14H2. The van der Waals surface area contributed by atoms with Crippen LogP contribution in [0.1, 0.15) is 24.0 Å². The first-order valence-electron chi connectivity index (χ1n) is 10.2. The highest BCUT2D eigenvalue weighted by molar-refractivity contribution is 7.07. The zero-order chi connectivity index (χ0) is 20.5. The first kappa shape index (κ1) is 19.5. The summed E-state index contributed by atoms with van der Waals surface area (Å²) in [6.45, 7) is 2.08. The Morgan fingerprint density at radius 3 is 2.87 bits per heavy atom. The smallest absolute Gasteiger partial charge is 0.226 e. The molecule has 0 unspecified atom stereocenters. The summed E-state index contributed by atoms with van der Waals surface area (Å²) in [7, 11) is 0. The van der Waals surface area contributed by atoms with Crippen molar-refractivity contribution in [1.82, 2.24) is 4.90 Å². The van der Waals surface area contributed by atoms with Crippen LogP contribution in [0.25, 0.3) is 11.1 Å². The maximum atomic E-state index is 12.7. The molecule has 0 spiro atoms. The van der Waals surface area contributed by atoms with E-state index in [0.29, 0.717) is 37.1 Å². The highest BCUT2D eigenvalue weighted by atomic mass is 35.5. The van der Waals surface area contributed by atoms with E-state index in [9.17, 15) is 4.79 Å². The number of carbonyl (C=O) groups is 1. The monoisotopic (exact) mass is 439 g/mol. The summed E-state index contributed by atoms with van der Waals surface area (Å²) >= 11 is 7.88. The zero-order valence-electron chi connectivity index (χ0n) is 16.5. The van der Waals surface area contributed by atoms with Gasteiger partial charge in [-0.1, -0.05) is 23.7 Å². The van der Waals surface area contributed by atoms with Crippen molar-refractivity contribution in [3.8, 4) is 22.6 Å². The fourth-order valence-electron chi connectivity index (χ4n) is 3.74. The highest BCUT2D eigenvalue weighted by Crippen LogP contribution is 2.40. The summed E-state index contributed by atoms with van der Waals surface area (Å²) in [5.41, 5.74) is 4.11. The van der Waals surface area contributed by atoms with Gasteiger partial charge in [-0.25, -0.2) is 0 Å². The molecule has 0 bridgehead atoms. The van der Waals surface area contributed by atoms with Crippen molar-refractivity contribution in [2.24, 2.45) is 5.92 Å². The molecule has 3 aromatic rings. The van der Waals surface area contributed by atoms with Crippen molar-refractivity contribution in [3.05, 3.63) is 69.4 Å². The van der Waals surface area contributed by atoms with Gasteiger partial charge in [0.1, 0.15) is 13.2 Å². The van der Waals surface area contributed by atoms with Crippen molar-refractivity contribution >= 4 is 28.8 Å². The summed E-state index contributed by atoms with van der Waals surface area (Å²) in [6, 6.07) is 13.9. The molecule has 0 radical (unpaired) electrons. The van der Waals surface area contributed by atoms with Gasteiger partial charge in [0, 0.05) is 23.0 Å². The fraction of sp³-hybridized carbons (Fsp3) is 0.292. The lowest BCUT2D eigenvalue weighted by Gasteiger charge is -2.20. The number of benzene rings is 2. The number of hydrogen-bond acceptors (Lipinski definition) is 4. The Morgan fingerprint density at radius 1 is 1.20 bits per heavy atom. The number of halogens is 1. The summed E-state index contributed by atoms with van der Waals surface area (Å²) in [5.74, 6) is 1.87. The van der Waals surface area contributed by atoms with Crippen molar-refractivity contribution < 1.29 is 14.3 Å². The number of amides is 1. The van der Waals surface area contributed by atoms with E-state index >= 15 is 0 Å². The third-order valence-electron chi connectivity index (χ3n) is 5.47. The summed E-state index contributed by atoms with van der Waals surface area (Å²) in [4.78, 5) is 14.6. The number of nitrogens with zero attached hydrogens (tertiary/aromatic N) is 1. The van der Waals surface area contributed by atoms with E-state index in [4.69, 9.17) is 21.1 Å². The summed E-state index contributed by atoms with van der Waals surface area (Å²) < 4.78 is 12.3. The second-order valence-corrected chi connectivity index (χ2v) is 8.99. The molecule has 6 heteroatoms. The maximum absolute atomic E-state index is 12.7. The molecule has 0 N–H and O–H groups in total. The minimum atomic E-state index is 0.192. The normalized spacial score (nSPS) is 15.8. The van der Waals surface area contributed by atoms with Gasteiger partial charge in [-0.05, 0) is 70.6 Å². The van der Waals surface area contributed by atoms with Crippen LogP contribution in [-0.2, 0) is 17.9 Å². The Kier molecular flexibility index (Phi) is 5.40. The van der Waals surface area contributed by atoms with Crippen LogP contribution >= 0.6 is 22.9 Å². The molecule has 2 aromatic carbocycles. The Labute approximate surface area is 185 Å². The van der Waals surface area contributed by atoms with Crippen molar-refractivity contribution in [1.29, 1.82) is 0 Å². The van der Waals surface area contributed by atoms with Crippen LogP contribution in [0.3, 0.4) is 0 Å². The second-order valence-electron chi connectivity index (χ2n) is 7.78. The molecule has 4 nitrogen and oxygen atoms in total. The van der Waals surface area contributed by atoms with Crippen LogP contribution in [0.2, 0.25) is 5.02 Å². The van der Waals surface area contributed by atoms with Gasteiger partial charge >= 0.3 is 0 Å². The molecule has 1 amide bonds. The van der Waals surface area contributed by atoms with Gasteiger partial charge < -0.3 is 14.4 Å². The number of ether oxygens (including phenoxy) is 2. The maximum Gasteiger partial charge on any atom is 0.226 e. The Balaban J connectivity index is 1.52. The molecule has 5 rings (SSSR count). The highest BCUT2D eigenvalue weighted by Gasteiger charge is 2.34. The first-order chi connectivity index (χ1) is 14.7. The van der Waals surface area contributed by atoms with Crippen LogP contribution in [0, 0.1) is 5.92 Å².